The van der Waals surface area contributed by atoms with Crippen LogP contribution in [0.3, 0.4) is 0 Å². The average Bonchev–Trinajstić information content (AvgIpc) is 3.04. The summed E-state index contributed by atoms with van der Waals surface area (Å²) >= 11 is 1.65. The van der Waals surface area contributed by atoms with Gasteiger partial charge in [-0.25, -0.2) is 0 Å². The molecule has 1 aromatic heterocycles. The molecule has 0 unspecified atom stereocenters. The number of hydrogen-bond acceptors (Lipinski definition) is 3. The van der Waals surface area contributed by atoms with Crippen LogP contribution in [0.4, 0.5) is 0 Å². The molecule has 0 fully saturated rings. The van der Waals surface area contributed by atoms with Crippen molar-refractivity contribution < 1.29 is 0 Å². The molecule has 0 aliphatic heterocycles. The highest BCUT2D eigenvalue weighted by molar-refractivity contribution is 7.21. The Balaban J connectivity index is 2.23. The van der Waals surface area contributed by atoms with Crippen molar-refractivity contribution in [2.45, 2.75) is 0 Å². The van der Waals surface area contributed by atoms with Gasteiger partial charge in [-0.05, 0) is 17.2 Å². The lowest BCUT2D eigenvalue weighted by Gasteiger charge is -2.02. The summed E-state index contributed by atoms with van der Waals surface area (Å²) in [5.74, 6) is 0. The zero-order chi connectivity index (χ0) is 14.4. The molecule has 0 saturated carbocycles. The van der Waals surface area contributed by atoms with Gasteiger partial charge >= 0.3 is 0 Å². The van der Waals surface area contributed by atoms with Crippen molar-refractivity contribution in [1.82, 2.24) is 0 Å². The number of thiophene rings is 1. The summed E-state index contributed by atoms with van der Waals surface area (Å²) < 4.78 is 1.18. The van der Waals surface area contributed by atoms with Crippen molar-refractivity contribution in [2.75, 3.05) is 0 Å². The third-order valence-corrected chi connectivity index (χ3v) is 4.95. The standard InChI is InChI=1S/C18H8N2S/c19-9-11(10-20)16-12-5-1-2-6-13(12)17-14-7-3-4-8-15(14)21-18(16)17/h1-8H. The first-order valence-corrected chi connectivity index (χ1v) is 7.33. The molecule has 0 saturated heterocycles. The average molecular weight is 284 g/mol. The minimum atomic E-state index is 0.188. The maximum absolute atomic E-state index is 9.29. The van der Waals surface area contributed by atoms with Gasteiger partial charge in [0.05, 0.1) is 0 Å². The molecule has 21 heavy (non-hydrogen) atoms. The maximum Gasteiger partial charge on any atom is 0.138 e. The molecule has 0 radical (unpaired) electrons. The number of benzene rings is 2. The topological polar surface area (TPSA) is 47.6 Å². The Labute approximate surface area is 125 Å². The Hall–Kier alpha value is -2.88. The largest absolute Gasteiger partial charge is 0.192 e. The van der Waals surface area contributed by atoms with Crippen LogP contribution in [0, 0.1) is 22.7 Å². The third kappa shape index (κ3) is 1.50. The van der Waals surface area contributed by atoms with Crippen LogP contribution in [-0.4, -0.2) is 0 Å². The molecule has 2 aromatic carbocycles. The summed E-state index contributed by atoms with van der Waals surface area (Å²) in [6.07, 6.45) is 0. The SMILES string of the molecule is N#CC(C#N)=C1c2ccccc2-c2c1sc1ccccc21. The Bertz CT molecular complexity index is 994. The van der Waals surface area contributed by atoms with Crippen LogP contribution >= 0.6 is 11.3 Å². The smallest absolute Gasteiger partial charge is 0.138 e. The number of nitriles is 2. The summed E-state index contributed by atoms with van der Waals surface area (Å²) in [5.41, 5.74) is 4.23. The zero-order valence-electron chi connectivity index (χ0n) is 10.9. The van der Waals surface area contributed by atoms with Gasteiger partial charge in [0.1, 0.15) is 17.7 Å². The molecular weight excluding hydrogens is 276 g/mol. The molecule has 1 heterocycles. The van der Waals surface area contributed by atoms with Gasteiger partial charge in [0.2, 0.25) is 0 Å². The van der Waals surface area contributed by atoms with Crippen molar-refractivity contribution in [3.8, 4) is 23.3 Å². The molecular formula is C18H8N2S. The van der Waals surface area contributed by atoms with Gasteiger partial charge in [-0.3, -0.25) is 0 Å². The van der Waals surface area contributed by atoms with E-state index >= 15 is 0 Å². The third-order valence-electron chi connectivity index (χ3n) is 3.76. The highest BCUT2D eigenvalue weighted by Crippen LogP contribution is 2.52. The molecule has 3 aromatic rings. The molecule has 2 nitrogen and oxygen atoms in total. The fourth-order valence-corrected chi connectivity index (χ4v) is 4.20. The number of allylic oxidation sites excluding steroid dienone is 1. The minimum Gasteiger partial charge on any atom is -0.192 e. The molecule has 0 spiro atoms. The van der Waals surface area contributed by atoms with Crippen LogP contribution in [0.15, 0.2) is 54.1 Å². The van der Waals surface area contributed by atoms with Gasteiger partial charge in [0.15, 0.2) is 0 Å². The predicted molar refractivity (Wildman–Crippen MR) is 84.5 cm³/mol. The van der Waals surface area contributed by atoms with E-state index in [1.165, 1.54) is 10.1 Å². The summed E-state index contributed by atoms with van der Waals surface area (Å²) in [7, 11) is 0. The number of fused-ring (bicyclic) bond motifs is 5. The lowest BCUT2D eigenvalue weighted by molar-refractivity contribution is 1.46. The first kappa shape index (κ1) is 11.9. The van der Waals surface area contributed by atoms with E-state index in [-0.39, 0.29) is 5.57 Å². The van der Waals surface area contributed by atoms with E-state index in [1.54, 1.807) is 11.3 Å². The molecule has 3 heteroatoms. The van der Waals surface area contributed by atoms with Crippen LogP contribution < -0.4 is 0 Å². The van der Waals surface area contributed by atoms with E-state index in [4.69, 9.17) is 0 Å². The van der Waals surface area contributed by atoms with E-state index in [0.717, 1.165) is 27.1 Å². The maximum atomic E-state index is 9.29. The number of hydrogen-bond donors (Lipinski definition) is 0. The van der Waals surface area contributed by atoms with Gasteiger partial charge in [0.25, 0.3) is 0 Å². The molecule has 1 aliphatic carbocycles. The highest BCUT2D eigenvalue weighted by Gasteiger charge is 2.29. The Morgan fingerprint density at radius 1 is 0.857 bits per heavy atom. The number of rotatable bonds is 0. The van der Waals surface area contributed by atoms with Gasteiger partial charge in [0, 0.05) is 26.1 Å². The lowest BCUT2D eigenvalue weighted by atomic mass is 10.0. The van der Waals surface area contributed by atoms with Crippen LogP contribution in [0.2, 0.25) is 0 Å². The van der Waals surface area contributed by atoms with E-state index in [2.05, 4.69) is 18.2 Å². The van der Waals surface area contributed by atoms with E-state index in [9.17, 15) is 10.5 Å². The lowest BCUT2D eigenvalue weighted by Crippen LogP contribution is -1.85. The van der Waals surface area contributed by atoms with Crippen molar-refractivity contribution in [3.63, 3.8) is 0 Å². The van der Waals surface area contributed by atoms with Crippen molar-refractivity contribution in [3.05, 3.63) is 64.5 Å². The zero-order valence-corrected chi connectivity index (χ0v) is 11.7. The van der Waals surface area contributed by atoms with Crippen molar-refractivity contribution in [2.24, 2.45) is 0 Å². The number of nitrogens with zero attached hydrogens (tertiary/aromatic N) is 2. The van der Waals surface area contributed by atoms with Gasteiger partial charge < -0.3 is 0 Å². The normalized spacial score (nSPS) is 11.6. The summed E-state index contributed by atoms with van der Waals surface area (Å²) in [4.78, 5) is 1.04. The van der Waals surface area contributed by atoms with Crippen LogP contribution in [0.25, 0.3) is 26.8 Å². The summed E-state index contributed by atoms with van der Waals surface area (Å²) in [5, 5.41) is 19.8. The molecule has 0 atom stereocenters. The Kier molecular flexibility index (Phi) is 2.44. The van der Waals surface area contributed by atoms with E-state index < -0.39 is 0 Å². The quantitative estimate of drug-likeness (QED) is 0.438. The van der Waals surface area contributed by atoms with Gasteiger partial charge in [-0.2, -0.15) is 10.5 Å². The van der Waals surface area contributed by atoms with Crippen LogP contribution in [0.1, 0.15) is 10.4 Å². The molecule has 0 N–H and O–H groups in total. The first-order valence-electron chi connectivity index (χ1n) is 6.51. The molecule has 4 rings (SSSR count). The predicted octanol–water partition coefficient (Wildman–Crippen LogP) is 4.73. The fraction of sp³-hybridized carbons (Fsp3) is 0. The second-order valence-electron chi connectivity index (χ2n) is 4.82. The van der Waals surface area contributed by atoms with Crippen molar-refractivity contribution >= 4 is 27.0 Å². The molecule has 0 amide bonds. The molecule has 96 valence electrons. The van der Waals surface area contributed by atoms with E-state index in [1.807, 2.05) is 42.5 Å². The molecule has 1 aliphatic rings. The minimum absolute atomic E-state index is 0.188. The monoisotopic (exact) mass is 284 g/mol. The summed E-state index contributed by atoms with van der Waals surface area (Å²) in [6, 6.07) is 20.3. The van der Waals surface area contributed by atoms with Crippen molar-refractivity contribution in [1.29, 1.82) is 10.5 Å². The van der Waals surface area contributed by atoms with Crippen LogP contribution in [-0.2, 0) is 0 Å². The second-order valence-corrected chi connectivity index (χ2v) is 5.87. The highest BCUT2D eigenvalue weighted by atomic mass is 32.1. The van der Waals surface area contributed by atoms with Gasteiger partial charge in [-0.1, -0.05) is 42.5 Å². The Morgan fingerprint density at radius 3 is 2.29 bits per heavy atom. The first-order chi connectivity index (χ1) is 10.3. The van der Waals surface area contributed by atoms with Crippen LogP contribution in [0.5, 0.6) is 0 Å². The second kappa shape index (κ2) is 4.31. The van der Waals surface area contributed by atoms with E-state index in [0.29, 0.717) is 0 Å². The fourth-order valence-electron chi connectivity index (χ4n) is 2.92. The summed E-state index contributed by atoms with van der Waals surface area (Å²) in [6.45, 7) is 0. The Morgan fingerprint density at radius 2 is 1.52 bits per heavy atom. The molecule has 0 bridgehead atoms. The van der Waals surface area contributed by atoms with Gasteiger partial charge in [-0.15, -0.1) is 11.3 Å².